The van der Waals surface area contributed by atoms with Gasteiger partial charge in [-0.3, -0.25) is 9.89 Å². The van der Waals surface area contributed by atoms with E-state index in [-0.39, 0.29) is 24.0 Å². The molecule has 1 saturated heterocycles. The fraction of sp³-hybridized carbons (Fsp3) is 0.737. The first-order chi connectivity index (χ1) is 12.3. The summed E-state index contributed by atoms with van der Waals surface area (Å²) in [5.74, 6) is 0.940. The molecule has 2 N–H and O–H groups in total. The molecule has 1 aromatic heterocycles. The van der Waals surface area contributed by atoms with Crippen LogP contribution in [0.15, 0.2) is 22.5 Å². The monoisotopic (exact) mass is 494 g/mol. The minimum absolute atomic E-state index is 0. The summed E-state index contributed by atoms with van der Waals surface area (Å²) in [6.07, 6.45) is 6.08. The van der Waals surface area contributed by atoms with Crippen LogP contribution in [0.25, 0.3) is 0 Å². The number of nitrogens with one attached hydrogen (secondary N) is 2. The summed E-state index contributed by atoms with van der Waals surface area (Å²) in [6, 6.07) is 4.81. The molecule has 7 heteroatoms. The third-order valence-corrected chi connectivity index (χ3v) is 5.51. The number of nitrogens with zero attached hydrogens (tertiary/aromatic N) is 2. The summed E-state index contributed by atoms with van der Waals surface area (Å²) in [6.45, 7) is 8.04. The number of likely N-dealkylation sites (tertiary alicyclic amines) is 1. The summed E-state index contributed by atoms with van der Waals surface area (Å²) >= 11 is 1.85. The second-order valence-corrected chi connectivity index (χ2v) is 7.45. The van der Waals surface area contributed by atoms with Crippen molar-refractivity contribution >= 4 is 41.3 Å². The molecule has 0 saturated carbocycles. The Kier molecular flexibility index (Phi) is 13.3. The summed E-state index contributed by atoms with van der Waals surface area (Å²) in [5.41, 5.74) is 0. The highest BCUT2D eigenvalue weighted by atomic mass is 127. The fourth-order valence-electron chi connectivity index (χ4n) is 3.19. The molecule has 0 aliphatic carbocycles. The van der Waals surface area contributed by atoms with Crippen LogP contribution in [0, 0.1) is 0 Å². The lowest BCUT2D eigenvalue weighted by molar-refractivity contribution is 0.192. The van der Waals surface area contributed by atoms with Crippen molar-refractivity contribution in [3.63, 3.8) is 0 Å². The molecule has 26 heavy (non-hydrogen) atoms. The van der Waals surface area contributed by atoms with Crippen molar-refractivity contribution < 1.29 is 4.74 Å². The van der Waals surface area contributed by atoms with Crippen molar-refractivity contribution in [1.29, 1.82) is 0 Å². The summed E-state index contributed by atoms with van der Waals surface area (Å²) in [7, 11) is 1.76. The Morgan fingerprint density at radius 3 is 2.73 bits per heavy atom. The maximum absolute atomic E-state index is 5.10. The molecule has 2 heterocycles. The largest absolute Gasteiger partial charge is 0.385 e. The molecule has 1 fully saturated rings. The Labute approximate surface area is 180 Å². The molecule has 0 radical (unpaired) electrons. The van der Waals surface area contributed by atoms with Crippen LogP contribution in [0.5, 0.6) is 0 Å². The molecule has 0 aromatic carbocycles. The Morgan fingerprint density at radius 2 is 2.08 bits per heavy atom. The van der Waals surface area contributed by atoms with Gasteiger partial charge in [0, 0.05) is 31.7 Å². The molecule has 150 valence electrons. The highest BCUT2D eigenvalue weighted by Crippen LogP contribution is 2.28. The zero-order valence-corrected chi connectivity index (χ0v) is 19.4. The van der Waals surface area contributed by atoms with Gasteiger partial charge in [0.15, 0.2) is 5.96 Å². The first-order valence-electron chi connectivity index (χ1n) is 9.63. The number of halogens is 1. The first-order valence-corrected chi connectivity index (χ1v) is 10.5. The average Bonchev–Trinajstić information content (AvgIpc) is 3.32. The van der Waals surface area contributed by atoms with Crippen molar-refractivity contribution in [3.05, 3.63) is 22.4 Å². The molecule has 1 unspecified atom stereocenters. The maximum atomic E-state index is 5.10. The summed E-state index contributed by atoms with van der Waals surface area (Å²) < 4.78 is 5.10. The summed E-state index contributed by atoms with van der Waals surface area (Å²) in [5, 5.41) is 9.02. The van der Waals surface area contributed by atoms with Crippen LogP contribution in [-0.4, -0.2) is 57.3 Å². The van der Waals surface area contributed by atoms with Crippen molar-refractivity contribution in [3.8, 4) is 0 Å². The lowest BCUT2D eigenvalue weighted by Gasteiger charge is -2.25. The fourth-order valence-corrected chi connectivity index (χ4v) is 4.05. The van der Waals surface area contributed by atoms with Crippen molar-refractivity contribution in [1.82, 2.24) is 15.5 Å². The van der Waals surface area contributed by atoms with E-state index in [1.54, 1.807) is 7.11 Å². The van der Waals surface area contributed by atoms with Crippen LogP contribution in [-0.2, 0) is 4.74 Å². The minimum Gasteiger partial charge on any atom is -0.385 e. The van der Waals surface area contributed by atoms with Crippen LogP contribution in [0.2, 0.25) is 0 Å². The van der Waals surface area contributed by atoms with Crippen molar-refractivity contribution in [2.45, 2.75) is 45.1 Å². The number of thiophene rings is 1. The van der Waals surface area contributed by atoms with Gasteiger partial charge in [0.2, 0.25) is 0 Å². The molecule has 0 amide bonds. The number of rotatable bonds is 11. The first kappa shape index (κ1) is 23.7. The van der Waals surface area contributed by atoms with Gasteiger partial charge in [0.05, 0.1) is 12.6 Å². The predicted octanol–water partition coefficient (Wildman–Crippen LogP) is 3.87. The maximum Gasteiger partial charge on any atom is 0.191 e. The Bertz CT molecular complexity index is 478. The van der Waals surface area contributed by atoms with E-state index >= 15 is 0 Å². The normalized spacial score (nSPS) is 16.3. The van der Waals surface area contributed by atoms with Gasteiger partial charge in [0.25, 0.3) is 0 Å². The molecular weight excluding hydrogens is 459 g/mol. The quantitative estimate of drug-likeness (QED) is 0.212. The van der Waals surface area contributed by atoms with E-state index in [1.807, 2.05) is 11.3 Å². The Morgan fingerprint density at radius 1 is 1.27 bits per heavy atom. The van der Waals surface area contributed by atoms with Crippen LogP contribution < -0.4 is 10.6 Å². The van der Waals surface area contributed by atoms with E-state index in [9.17, 15) is 0 Å². The lowest BCUT2D eigenvalue weighted by Crippen LogP contribution is -2.38. The van der Waals surface area contributed by atoms with Crippen LogP contribution in [0.1, 0.15) is 49.9 Å². The van der Waals surface area contributed by atoms with Gasteiger partial charge in [-0.25, -0.2) is 0 Å². The number of hydrogen-bond donors (Lipinski definition) is 2. The third kappa shape index (κ3) is 8.54. The molecular formula is C19H35IN4OS. The van der Waals surface area contributed by atoms with E-state index < -0.39 is 0 Å². The lowest BCUT2D eigenvalue weighted by atomic mass is 10.2. The minimum atomic E-state index is 0. The number of hydrogen-bond acceptors (Lipinski definition) is 4. The number of aliphatic imine (C=N–C) groups is 1. The second-order valence-electron chi connectivity index (χ2n) is 6.47. The predicted molar refractivity (Wildman–Crippen MR) is 123 cm³/mol. The van der Waals surface area contributed by atoms with Gasteiger partial charge in [0.1, 0.15) is 0 Å². The van der Waals surface area contributed by atoms with Gasteiger partial charge >= 0.3 is 0 Å². The highest BCUT2D eigenvalue weighted by molar-refractivity contribution is 14.0. The van der Waals surface area contributed by atoms with Crippen LogP contribution >= 0.6 is 35.3 Å². The standard InChI is InChI=1S/C19H34N4OS.HI/c1-3-20-19(21-11-5-4-8-14-24-2)22-16-17(18-10-9-15-25-18)23-12-6-7-13-23;/h9-10,15,17H,3-8,11-14,16H2,1-2H3,(H2,20,21,22);1H. The number of ether oxygens (including phenoxy) is 1. The molecule has 1 aliphatic heterocycles. The van der Waals surface area contributed by atoms with Gasteiger partial charge in [-0.1, -0.05) is 6.07 Å². The average molecular weight is 494 g/mol. The number of unbranched alkanes of at least 4 members (excludes halogenated alkanes) is 2. The molecule has 1 aromatic rings. The molecule has 1 atom stereocenters. The zero-order chi connectivity index (χ0) is 17.7. The van der Waals surface area contributed by atoms with E-state index in [4.69, 9.17) is 9.73 Å². The smallest absolute Gasteiger partial charge is 0.191 e. The Balaban J connectivity index is 0.00000338. The van der Waals surface area contributed by atoms with Gasteiger partial charge in [-0.15, -0.1) is 35.3 Å². The van der Waals surface area contributed by atoms with Crippen LogP contribution in [0.3, 0.4) is 0 Å². The van der Waals surface area contributed by atoms with Crippen molar-refractivity contribution in [2.75, 3.05) is 46.4 Å². The van der Waals surface area contributed by atoms with Crippen LogP contribution in [0.4, 0.5) is 0 Å². The SMILES string of the molecule is CCNC(=NCC(c1cccs1)N1CCCC1)NCCCCCOC.I. The summed E-state index contributed by atoms with van der Waals surface area (Å²) in [4.78, 5) is 8.90. The molecule has 0 bridgehead atoms. The topological polar surface area (TPSA) is 48.9 Å². The Hall–Kier alpha value is -0.380. The molecule has 5 nitrogen and oxygen atoms in total. The van der Waals surface area contributed by atoms with Gasteiger partial charge in [-0.2, -0.15) is 0 Å². The molecule has 2 rings (SSSR count). The van der Waals surface area contributed by atoms with Gasteiger partial charge in [-0.05, 0) is 63.6 Å². The van der Waals surface area contributed by atoms with E-state index in [0.29, 0.717) is 6.04 Å². The van der Waals surface area contributed by atoms with Crippen molar-refractivity contribution in [2.24, 2.45) is 4.99 Å². The number of methoxy groups -OCH3 is 1. The highest BCUT2D eigenvalue weighted by Gasteiger charge is 2.24. The third-order valence-electron chi connectivity index (χ3n) is 4.54. The molecule has 1 aliphatic rings. The zero-order valence-electron chi connectivity index (χ0n) is 16.2. The second kappa shape index (κ2) is 14.6. The van der Waals surface area contributed by atoms with E-state index in [2.05, 4.69) is 40.0 Å². The number of guanidine groups is 1. The molecule has 0 spiro atoms. The van der Waals surface area contributed by atoms with Gasteiger partial charge < -0.3 is 15.4 Å². The van der Waals surface area contributed by atoms with E-state index in [0.717, 1.165) is 45.0 Å². The van der Waals surface area contributed by atoms with E-state index in [1.165, 1.54) is 37.2 Å².